The number of rotatable bonds is 3. The molecule has 7 heteroatoms. The van der Waals surface area contributed by atoms with E-state index in [0.717, 1.165) is 20.8 Å². The van der Waals surface area contributed by atoms with E-state index in [9.17, 15) is 13.2 Å². The molecular weight excluding hydrogens is 341 g/mol. The molecule has 0 saturated carbocycles. The second-order valence-corrected chi connectivity index (χ2v) is 6.08. The molecule has 2 rings (SSSR count). The lowest BCUT2D eigenvalue weighted by atomic mass is 10.2. The van der Waals surface area contributed by atoms with E-state index in [4.69, 9.17) is 0 Å². The van der Waals surface area contributed by atoms with Gasteiger partial charge in [-0.2, -0.15) is 18.3 Å². The predicted octanol–water partition coefficient (Wildman–Crippen LogP) is 4.98. The summed E-state index contributed by atoms with van der Waals surface area (Å²) in [5.41, 5.74) is 2.50. The maximum absolute atomic E-state index is 12.3. The number of hydrogen-bond donors (Lipinski definition) is 1. The van der Waals surface area contributed by atoms with E-state index < -0.39 is 11.7 Å². The van der Waals surface area contributed by atoms with Crippen molar-refractivity contribution in [2.45, 2.75) is 6.18 Å². The fourth-order valence-corrected chi connectivity index (χ4v) is 2.60. The van der Waals surface area contributed by atoms with Crippen LogP contribution in [-0.2, 0) is 6.18 Å². The van der Waals surface area contributed by atoms with Crippen LogP contribution in [0.3, 0.4) is 0 Å². The molecule has 1 aromatic heterocycles. The molecule has 2 nitrogen and oxygen atoms in total. The minimum Gasteiger partial charge on any atom is -0.278 e. The van der Waals surface area contributed by atoms with Crippen LogP contribution in [0, 0.1) is 0 Å². The summed E-state index contributed by atoms with van der Waals surface area (Å²) in [6.45, 7) is 0. The number of hydrogen-bond acceptors (Lipinski definition) is 3. The molecule has 0 atom stereocenters. The average Bonchev–Trinajstić information content (AvgIpc) is 2.75. The summed E-state index contributed by atoms with van der Waals surface area (Å²) < 4.78 is 38.0. The van der Waals surface area contributed by atoms with Gasteiger partial charge in [-0.05, 0) is 52.3 Å². The van der Waals surface area contributed by atoms with Gasteiger partial charge < -0.3 is 0 Å². The Bertz CT molecular complexity index is 575. The number of anilines is 1. The van der Waals surface area contributed by atoms with E-state index in [1.54, 1.807) is 6.21 Å². The van der Waals surface area contributed by atoms with Crippen LogP contribution in [0.5, 0.6) is 0 Å². The molecule has 1 N–H and O–H groups in total. The Balaban J connectivity index is 1.98. The molecule has 1 aromatic carbocycles. The summed E-state index contributed by atoms with van der Waals surface area (Å²) in [6, 6.07) is 8.48. The van der Waals surface area contributed by atoms with E-state index in [2.05, 4.69) is 26.5 Å². The molecule has 0 amide bonds. The zero-order chi connectivity index (χ0) is 13.9. The smallest absolute Gasteiger partial charge is 0.278 e. The molecule has 0 fully saturated rings. The highest BCUT2D eigenvalue weighted by molar-refractivity contribution is 9.11. The molecule has 0 radical (unpaired) electrons. The van der Waals surface area contributed by atoms with Crippen molar-refractivity contribution in [3.05, 3.63) is 50.6 Å². The first-order valence-electron chi connectivity index (χ1n) is 5.17. The minimum absolute atomic E-state index is 0.500. The number of nitrogens with zero attached hydrogens (tertiary/aromatic N) is 1. The van der Waals surface area contributed by atoms with Crippen LogP contribution < -0.4 is 5.43 Å². The van der Waals surface area contributed by atoms with Crippen molar-refractivity contribution >= 4 is 39.2 Å². The van der Waals surface area contributed by atoms with Gasteiger partial charge in [0.05, 0.1) is 21.3 Å². The summed E-state index contributed by atoms with van der Waals surface area (Å²) in [4.78, 5) is 0.936. The van der Waals surface area contributed by atoms with Gasteiger partial charge >= 0.3 is 6.18 Å². The van der Waals surface area contributed by atoms with E-state index in [-0.39, 0.29) is 0 Å². The first-order valence-corrected chi connectivity index (χ1v) is 6.78. The Morgan fingerprint density at radius 3 is 2.32 bits per heavy atom. The number of benzene rings is 1. The molecule has 0 unspecified atom stereocenters. The zero-order valence-electron chi connectivity index (χ0n) is 9.41. The van der Waals surface area contributed by atoms with Crippen molar-refractivity contribution in [3.63, 3.8) is 0 Å². The van der Waals surface area contributed by atoms with E-state index in [1.165, 1.54) is 23.5 Å². The Kier molecular flexibility index (Phi) is 4.26. The third-order valence-corrected chi connectivity index (χ3v) is 3.75. The van der Waals surface area contributed by atoms with Gasteiger partial charge in [0.15, 0.2) is 0 Å². The Morgan fingerprint density at radius 2 is 1.79 bits per heavy atom. The maximum Gasteiger partial charge on any atom is 0.416 e. The van der Waals surface area contributed by atoms with Crippen molar-refractivity contribution in [3.8, 4) is 0 Å². The first kappa shape index (κ1) is 14.1. The molecule has 0 aliphatic carbocycles. The highest BCUT2D eigenvalue weighted by Gasteiger charge is 2.29. The van der Waals surface area contributed by atoms with Crippen LogP contribution >= 0.6 is 27.3 Å². The standard InChI is InChI=1S/C12H8BrF3N2S/c13-11-6-5-10(19-11)7-17-18-9-3-1-8(2-4-9)12(14,15)16/h1-7,18H/b17-7-. The second kappa shape index (κ2) is 5.75. The van der Waals surface area contributed by atoms with Gasteiger partial charge in [0, 0.05) is 4.88 Å². The number of halogens is 4. The summed E-state index contributed by atoms with van der Waals surface area (Å²) >= 11 is 4.83. The fourth-order valence-electron chi connectivity index (χ4n) is 1.30. The van der Waals surface area contributed by atoms with E-state index in [0.29, 0.717) is 5.69 Å². The van der Waals surface area contributed by atoms with Crippen molar-refractivity contribution in [1.29, 1.82) is 0 Å². The van der Waals surface area contributed by atoms with Gasteiger partial charge in [-0.25, -0.2) is 0 Å². The van der Waals surface area contributed by atoms with Crippen LogP contribution in [0.1, 0.15) is 10.4 Å². The topological polar surface area (TPSA) is 24.4 Å². The Hall–Kier alpha value is -1.34. The molecule has 0 bridgehead atoms. The third-order valence-electron chi connectivity index (χ3n) is 2.19. The molecule has 0 aliphatic heterocycles. The van der Waals surface area contributed by atoms with E-state index >= 15 is 0 Å². The number of nitrogens with one attached hydrogen (secondary N) is 1. The molecule has 2 aromatic rings. The van der Waals surface area contributed by atoms with Crippen molar-refractivity contribution in [1.82, 2.24) is 0 Å². The molecule has 100 valence electrons. The molecule has 0 spiro atoms. The van der Waals surface area contributed by atoms with Crippen molar-refractivity contribution in [2.75, 3.05) is 5.43 Å². The Morgan fingerprint density at radius 1 is 1.11 bits per heavy atom. The van der Waals surface area contributed by atoms with E-state index in [1.807, 2.05) is 12.1 Å². The predicted molar refractivity (Wildman–Crippen MR) is 74.7 cm³/mol. The van der Waals surface area contributed by atoms with Crippen LogP contribution in [-0.4, -0.2) is 6.21 Å². The summed E-state index contributed by atoms with van der Waals surface area (Å²) in [6.07, 6.45) is -2.71. The zero-order valence-corrected chi connectivity index (χ0v) is 11.8. The normalized spacial score (nSPS) is 12.0. The van der Waals surface area contributed by atoms with Crippen LogP contribution in [0.15, 0.2) is 45.3 Å². The minimum atomic E-state index is -4.31. The van der Waals surface area contributed by atoms with Gasteiger partial charge in [-0.3, -0.25) is 5.43 Å². The average molecular weight is 349 g/mol. The highest BCUT2D eigenvalue weighted by atomic mass is 79.9. The Labute approximate surface area is 120 Å². The molecule has 0 aliphatic rings. The van der Waals surface area contributed by atoms with Gasteiger partial charge in [0.25, 0.3) is 0 Å². The molecule has 19 heavy (non-hydrogen) atoms. The van der Waals surface area contributed by atoms with Crippen molar-refractivity contribution in [2.24, 2.45) is 5.10 Å². The lowest BCUT2D eigenvalue weighted by molar-refractivity contribution is -0.137. The summed E-state index contributed by atoms with van der Waals surface area (Å²) in [5, 5.41) is 3.95. The summed E-state index contributed by atoms with van der Waals surface area (Å²) in [5.74, 6) is 0. The first-order chi connectivity index (χ1) is 8.95. The van der Waals surface area contributed by atoms with Gasteiger partial charge in [0.1, 0.15) is 0 Å². The lowest BCUT2D eigenvalue weighted by Gasteiger charge is -2.06. The number of alkyl halides is 3. The van der Waals surface area contributed by atoms with Gasteiger partial charge in [-0.1, -0.05) is 0 Å². The van der Waals surface area contributed by atoms with Crippen LogP contribution in [0.4, 0.5) is 18.9 Å². The van der Waals surface area contributed by atoms with Crippen molar-refractivity contribution < 1.29 is 13.2 Å². The quantitative estimate of drug-likeness (QED) is 0.614. The van der Waals surface area contributed by atoms with Crippen LogP contribution in [0.25, 0.3) is 0 Å². The molecule has 1 heterocycles. The monoisotopic (exact) mass is 348 g/mol. The molecular formula is C12H8BrF3N2S. The SMILES string of the molecule is FC(F)(F)c1ccc(N/N=C\c2ccc(Br)s2)cc1. The lowest BCUT2D eigenvalue weighted by Crippen LogP contribution is -2.04. The highest BCUT2D eigenvalue weighted by Crippen LogP contribution is 2.29. The second-order valence-electron chi connectivity index (χ2n) is 3.59. The number of hydrazone groups is 1. The largest absolute Gasteiger partial charge is 0.416 e. The third kappa shape index (κ3) is 4.07. The van der Waals surface area contributed by atoms with Gasteiger partial charge in [-0.15, -0.1) is 11.3 Å². The van der Waals surface area contributed by atoms with Crippen LogP contribution in [0.2, 0.25) is 0 Å². The summed E-state index contributed by atoms with van der Waals surface area (Å²) in [7, 11) is 0. The maximum atomic E-state index is 12.3. The number of thiophene rings is 1. The van der Waals surface area contributed by atoms with Gasteiger partial charge in [0.2, 0.25) is 0 Å². The molecule has 0 saturated heterocycles. The fraction of sp³-hybridized carbons (Fsp3) is 0.0833.